The molecule has 3 aliphatic heterocycles. The molecule has 0 aromatic rings. The van der Waals surface area contributed by atoms with Gasteiger partial charge in [-0.3, -0.25) is 14.5 Å². The molecule has 6 heteroatoms. The highest BCUT2D eigenvalue weighted by Gasteiger charge is 2.43. The Kier molecular flexibility index (Phi) is 3.30. The van der Waals surface area contributed by atoms with Gasteiger partial charge in [0.15, 0.2) is 0 Å². The second-order valence-electron chi connectivity index (χ2n) is 6.05. The standard InChI is InChI=1S/C14H19NO5/c1-14(18)6-11(16)19-8-9-2-4-15-5-3-10(13(9)15)20-12(17)7-14/h2,10,13,18H,3-8H2,1H3/t10-,13-,14+/m1/s1. The van der Waals surface area contributed by atoms with Crippen molar-refractivity contribution in [3.63, 3.8) is 0 Å². The number of carbonyl (C=O) groups excluding carboxylic acids is 2. The molecule has 6 nitrogen and oxygen atoms in total. The third-order valence-corrected chi connectivity index (χ3v) is 4.15. The molecule has 0 amide bonds. The molecule has 110 valence electrons. The number of carbonyl (C=O) groups is 2. The van der Waals surface area contributed by atoms with Crippen LogP contribution in [0.25, 0.3) is 0 Å². The number of aliphatic hydroxyl groups is 1. The van der Waals surface area contributed by atoms with Gasteiger partial charge in [0, 0.05) is 13.1 Å². The van der Waals surface area contributed by atoms with E-state index in [1.807, 2.05) is 6.08 Å². The predicted octanol–water partition coefficient (Wildman–Crippen LogP) is 0.000500. The zero-order valence-electron chi connectivity index (χ0n) is 11.5. The Balaban J connectivity index is 1.83. The Morgan fingerprint density at radius 3 is 2.90 bits per heavy atom. The molecule has 2 fully saturated rings. The third-order valence-electron chi connectivity index (χ3n) is 4.15. The fourth-order valence-electron chi connectivity index (χ4n) is 3.24. The summed E-state index contributed by atoms with van der Waals surface area (Å²) in [6, 6.07) is 0.0230. The summed E-state index contributed by atoms with van der Waals surface area (Å²) in [5.74, 6) is -0.943. The van der Waals surface area contributed by atoms with Crippen LogP contribution in [-0.4, -0.2) is 59.4 Å². The van der Waals surface area contributed by atoms with E-state index in [9.17, 15) is 14.7 Å². The molecule has 20 heavy (non-hydrogen) atoms. The first-order chi connectivity index (χ1) is 9.44. The van der Waals surface area contributed by atoms with Gasteiger partial charge in [0.05, 0.1) is 24.5 Å². The van der Waals surface area contributed by atoms with Crippen LogP contribution >= 0.6 is 0 Å². The second-order valence-corrected chi connectivity index (χ2v) is 6.05. The lowest BCUT2D eigenvalue weighted by atomic mass is 9.98. The smallest absolute Gasteiger partial charge is 0.309 e. The van der Waals surface area contributed by atoms with Crippen molar-refractivity contribution in [2.24, 2.45) is 0 Å². The van der Waals surface area contributed by atoms with Gasteiger partial charge in [0.2, 0.25) is 0 Å². The van der Waals surface area contributed by atoms with E-state index in [2.05, 4.69) is 4.90 Å². The van der Waals surface area contributed by atoms with E-state index in [0.717, 1.165) is 25.1 Å². The summed E-state index contributed by atoms with van der Waals surface area (Å²) in [5, 5.41) is 10.1. The van der Waals surface area contributed by atoms with E-state index < -0.39 is 17.5 Å². The van der Waals surface area contributed by atoms with Crippen molar-refractivity contribution in [3.05, 3.63) is 11.6 Å². The topological polar surface area (TPSA) is 76.1 Å². The Labute approximate surface area is 117 Å². The summed E-state index contributed by atoms with van der Waals surface area (Å²) in [6.07, 6.45) is 2.22. The molecule has 1 N–H and O–H groups in total. The van der Waals surface area contributed by atoms with Crippen LogP contribution in [0.1, 0.15) is 26.2 Å². The summed E-state index contributed by atoms with van der Waals surface area (Å²) in [4.78, 5) is 25.9. The molecule has 0 radical (unpaired) electrons. The molecule has 0 saturated carbocycles. The number of rotatable bonds is 0. The van der Waals surface area contributed by atoms with Crippen molar-refractivity contribution in [3.8, 4) is 0 Å². The van der Waals surface area contributed by atoms with Crippen LogP contribution in [0, 0.1) is 0 Å². The largest absolute Gasteiger partial charge is 0.461 e. The fourth-order valence-corrected chi connectivity index (χ4v) is 3.24. The van der Waals surface area contributed by atoms with Gasteiger partial charge in [0.1, 0.15) is 12.7 Å². The summed E-state index contributed by atoms with van der Waals surface area (Å²) < 4.78 is 10.7. The normalized spacial score (nSPS) is 38.6. The first-order valence-corrected chi connectivity index (χ1v) is 6.95. The van der Waals surface area contributed by atoms with Gasteiger partial charge in [-0.25, -0.2) is 0 Å². The molecule has 0 bridgehead atoms. The van der Waals surface area contributed by atoms with Crippen molar-refractivity contribution >= 4 is 11.9 Å². The molecule has 3 aliphatic rings. The molecule has 3 rings (SSSR count). The summed E-state index contributed by atoms with van der Waals surface area (Å²) in [6.45, 7) is 3.34. The number of esters is 2. The highest BCUT2D eigenvalue weighted by atomic mass is 16.6. The van der Waals surface area contributed by atoms with E-state index >= 15 is 0 Å². The van der Waals surface area contributed by atoms with Crippen LogP contribution in [0.4, 0.5) is 0 Å². The van der Waals surface area contributed by atoms with Gasteiger partial charge in [-0.1, -0.05) is 6.08 Å². The number of cyclic esters (lactones) is 1. The van der Waals surface area contributed by atoms with E-state index in [1.165, 1.54) is 6.92 Å². The molecule has 3 atom stereocenters. The van der Waals surface area contributed by atoms with Gasteiger partial charge in [-0.2, -0.15) is 0 Å². The molecule has 0 aromatic heterocycles. The minimum atomic E-state index is -1.42. The average molecular weight is 281 g/mol. The van der Waals surface area contributed by atoms with Gasteiger partial charge >= 0.3 is 11.9 Å². The van der Waals surface area contributed by atoms with Crippen LogP contribution < -0.4 is 0 Å². The van der Waals surface area contributed by atoms with E-state index in [4.69, 9.17) is 9.47 Å². The van der Waals surface area contributed by atoms with Crippen molar-refractivity contribution < 1.29 is 24.2 Å². The zero-order chi connectivity index (χ0) is 14.3. The maximum Gasteiger partial charge on any atom is 0.309 e. The molecule has 3 heterocycles. The first-order valence-electron chi connectivity index (χ1n) is 6.95. The van der Waals surface area contributed by atoms with Crippen molar-refractivity contribution in [1.29, 1.82) is 0 Å². The molecule has 0 spiro atoms. The van der Waals surface area contributed by atoms with Gasteiger partial charge < -0.3 is 14.6 Å². The summed E-state index contributed by atoms with van der Waals surface area (Å²) >= 11 is 0. The van der Waals surface area contributed by atoms with Crippen molar-refractivity contribution in [2.45, 2.75) is 43.9 Å². The number of ether oxygens (including phenoxy) is 2. The molecule has 2 saturated heterocycles. The van der Waals surface area contributed by atoms with Crippen LogP contribution in [0.15, 0.2) is 11.6 Å². The molecular weight excluding hydrogens is 262 g/mol. The lowest BCUT2D eigenvalue weighted by Crippen LogP contribution is -2.37. The zero-order valence-corrected chi connectivity index (χ0v) is 11.5. The van der Waals surface area contributed by atoms with Gasteiger partial charge in [-0.15, -0.1) is 0 Å². The Morgan fingerprint density at radius 1 is 1.35 bits per heavy atom. The van der Waals surface area contributed by atoms with Crippen LogP contribution in [0.5, 0.6) is 0 Å². The van der Waals surface area contributed by atoms with Gasteiger partial charge in [0.25, 0.3) is 0 Å². The second kappa shape index (κ2) is 4.86. The summed E-state index contributed by atoms with van der Waals surface area (Å²) in [7, 11) is 0. The molecule has 0 aliphatic carbocycles. The van der Waals surface area contributed by atoms with Gasteiger partial charge in [-0.05, 0) is 18.9 Å². The highest BCUT2D eigenvalue weighted by molar-refractivity contribution is 5.75. The predicted molar refractivity (Wildman–Crippen MR) is 68.8 cm³/mol. The third kappa shape index (κ3) is 2.58. The number of hydrogen-bond acceptors (Lipinski definition) is 6. The molecule has 0 unspecified atom stereocenters. The van der Waals surface area contributed by atoms with Crippen LogP contribution in [0.2, 0.25) is 0 Å². The van der Waals surface area contributed by atoms with Crippen molar-refractivity contribution in [1.82, 2.24) is 4.90 Å². The quantitative estimate of drug-likeness (QED) is 0.497. The Bertz CT molecular complexity index is 470. The van der Waals surface area contributed by atoms with E-state index in [0.29, 0.717) is 0 Å². The maximum absolute atomic E-state index is 11.9. The monoisotopic (exact) mass is 281 g/mol. The van der Waals surface area contributed by atoms with Crippen LogP contribution in [-0.2, 0) is 19.1 Å². The number of nitrogens with zero attached hydrogens (tertiary/aromatic N) is 1. The summed E-state index contributed by atoms with van der Waals surface area (Å²) in [5.41, 5.74) is -0.421. The highest BCUT2D eigenvalue weighted by Crippen LogP contribution is 2.32. The molecule has 0 aromatic carbocycles. The Morgan fingerprint density at radius 2 is 2.10 bits per heavy atom. The first kappa shape index (κ1) is 13.6. The van der Waals surface area contributed by atoms with Crippen molar-refractivity contribution in [2.75, 3.05) is 19.7 Å². The fraction of sp³-hybridized carbons (Fsp3) is 0.714. The lowest BCUT2D eigenvalue weighted by molar-refractivity contribution is -0.156. The maximum atomic E-state index is 11.9. The number of hydrogen-bond donors (Lipinski definition) is 1. The minimum absolute atomic E-state index is 0.0230. The molecular formula is C14H19NO5. The van der Waals surface area contributed by atoms with E-state index in [-0.39, 0.29) is 31.6 Å². The average Bonchev–Trinajstić information content (AvgIpc) is 2.87. The van der Waals surface area contributed by atoms with Crippen LogP contribution in [0.3, 0.4) is 0 Å². The minimum Gasteiger partial charge on any atom is -0.461 e. The van der Waals surface area contributed by atoms with E-state index in [1.54, 1.807) is 0 Å². The SMILES string of the molecule is C[C@]1(O)CC(=O)OCC2=CCN3CC[C@@H](OC(=O)C1)[C@@H]23. The lowest BCUT2D eigenvalue weighted by Gasteiger charge is -2.24. The Hall–Kier alpha value is -1.40.